The predicted molar refractivity (Wildman–Crippen MR) is 98.9 cm³/mol. The topological polar surface area (TPSA) is 88.1 Å². The van der Waals surface area contributed by atoms with Crippen molar-refractivity contribution < 1.29 is 33.0 Å². The number of hydrogen-bond acceptors (Lipinski definition) is 4. The van der Waals surface area contributed by atoms with E-state index in [1.54, 1.807) is 27.7 Å². The summed E-state index contributed by atoms with van der Waals surface area (Å²) in [6.45, 7) is 8.03. The van der Waals surface area contributed by atoms with Gasteiger partial charge in [0.1, 0.15) is 6.04 Å². The lowest BCUT2D eigenvalue weighted by Crippen LogP contribution is -2.53. The summed E-state index contributed by atoms with van der Waals surface area (Å²) in [6, 6.07) is 1.76. The second-order valence-electron chi connectivity index (χ2n) is 6.38. The normalized spacial score (nSPS) is 12.3. The molecule has 0 spiro atoms. The summed E-state index contributed by atoms with van der Waals surface area (Å²) in [7, 11) is 0. The monoisotopic (exact) mass is 402 g/mol. The summed E-state index contributed by atoms with van der Waals surface area (Å²) in [6.07, 6.45) is -2.18. The zero-order chi connectivity index (χ0) is 21.3. The Hall–Kier alpha value is -2.26. The molecule has 0 saturated carbocycles. The Kier molecular flexibility index (Phi) is 9.81. The van der Waals surface area contributed by atoms with Crippen LogP contribution in [0.15, 0.2) is 18.2 Å². The Balaban J connectivity index is 3.05. The number of nitrogens with zero attached hydrogens (tertiary/aromatic N) is 1. The molecule has 0 saturated heterocycles. The minimum Gasteiger partial charge on any atom is -0.465 e. The van der Waals surface area contributed by atoms with E-state index in [0.29, 0.717) is 18.8 Å². The van der Waals surface area contributed by atoms with Gasteiger partial charge in [0.05, 0.1) is 6.54 Å². The molecule has 2 N–H and O–H groups in total. The van der Waals surface area contributed by atoms with Gasteiger partial charge in [-0.1, -0.05) is 6.07 Å². The highest BCUT2D eigenvalue weighted by molar-refractivity contribution is 5.85. The quantitative estimate of drug-likeness (QED) is 0.556. The van der Waals surface area contributed by atoms with E-state index in [1.807, 2.05) is 0 Å². The van der Waals surface area contributed by atoms with Crippen molar-refractivity contribution in [3.63, 3.8) is 0 Å². The zero-order valence-electron chi connectivity index (χ0n) is 16.6. The van der Waals surface area contributed by atoms with Gasteiger partial charge in [-0.3, -0.25) is 4.79 Å². The lowest BCUT2D eigenvalue weighted by molar-refractivity contribution is -0.162. The predicted octanol–water partition coefficient (Wildman–Crippen LogP) is 2.78. The molecule has 28 heavy (non-hydrogen) atoms. The van der Waals surface area contributed by atoms with Crippen molar-refractivity contribution in [2.45, 2.75) is 52.5 Å². The fourth-order valence-electron chi connectivity index (χ4n) is 2.69. The van der Waals surface area contributed by atoms with E-state index < -0.39 is 36.0 Å². The first-order valence-electron chi connectivity index (χ1n) is 9.16. The van der Waals surface area contributed by atoms with Gasteiger partial charge in [0.15, 0.2) is 17.9 Å². The lowest BCUT2D eigenvalue weighted by Gasteiger charge is -2.33. The van der Waals surface area contributed by atoms with E-state index in [4.69, 9.17) is 14.6 Å². The number of carbonyl (C=O) groups is 2. The maximum atomic E-state index is 13.5. The van der Waals surface area contributed by atoms with Crippen LogP contribution < -0.4 is 5.32 Å². The van der Waals surface area contributed by atoms with Crippen molar-refractivity contribution in [1.29, 1.82) is 0 Å². The van der Waals surface area contributed by atoms with Crippen molar-refractivity contribution in [3.8, 4) is 0 Å². The first-order valence-corrected chi connectivity index (χ1v) is 9.16. The van der Waals surface area contributed by atoms with Crippen LogP contribution in [0.5, 0.6) is 0 Å². The summed E-state index contributed by atoms with van der Waals surface area (Å²) >= 11 is 0. The van der Waals surface area contributed by atoms with Gasteiger partial charge in [0.2, 0.25) is 5.91 Å². The number of benzene rings is 1. The molecule has 0 aromatic heterocycles. The smallest absolute Gasteiger partial charge is 0.405 e. The molecule has 1 unspecified atom stereocenters. The van der Waals surface area contributed by atoms with Crippen LogP contribution in [-0.4, -0.2) is 60.1 Å². The second kappa shape index (κ2) is 11.6. The van der Waals surface area contributed by atoms with Gasteiger partial charge in [0, 0.05) is 25.7 Å². The molecule has 0 aliphatic heterocycles. The number of ether oxygens (including phenoxy) is 2. The van der Waals surface area contributed by atoms with Gasteiger partial charge in [-0.2, -0.15) is 0 Å². The van der Waals surface area contributed by atoms with Crippen LogP contribution in [0.3, 0.4) is 0 Å². The maximum absolute atomic E-state index is 13.5. The maximum Gasteiger partial charge on any atom is 0.405 e. The highest BCUT2D eigenvalue weighted by Crippen LogP contribution is 2.14. The summed E-state index contributed by atoms with van der Waals surface area (Å²) < 4.78 is 37.6. The van der Waals surface area contributed by atoms with Gasteiger partial charge in [-0.05, 0) is 45.4 Å². The first-order chi connectivity index (χ1) is 13.2. The molecule has 0 heterocycles. The first kappa shape index (κ1) is 23.8. The molecule has 1 aromatic carbocycles. The Morgan fingerprint density at radius 2 is 1.75 bits per heavy atom. The molecule has 1 rings (SSSR count). The van der Waals surface area contributed by atoms with Crippen LogP contribution in [-0.2, 0) is 20.7 Å². The highest BCUT2D eigenvalue weighted by Gasteiger charge is 2.30. The van der Waals surface area contributed by atoms with Crippen LogP contribution in [0.2, 0.25) is 0 Å². The van der Waals surface area contributed by atoms with Crippen molar-refractivity contribution in [2.24, 2.45) is 0 Å². The molecule has 0 aliphatic carbocycles. The number of halogens is 2. The molecule has 7 nitrogen and oxygen atoms in total. The summed E-state index contributed by atoms with van der Waals surface area (Å²) in [5, 5.41) is 11.3. The molecule has 158 valence electrons. The van der Waals surface area contributed by atoms with Gasteiger partial charge in [0.25, 0.3) is 0 Å². The number of nitrogens with one attached hydrogen (secondary N) is 1. The minimum absolute atomic E-state index is 0.105. The Morgan fingerprint density at radius 1 is 1.14 bits per heavy atom. The molecule has 1 aromatic rings. The average Bonchev–Trinajstić information content (AvgIpc) is 2.61. The molecule has 0 bridgehead atoms. The van der Waals surface area contributed by atoms with Crippen LogP contribution in [0.1, 0.15) is 33.3 Å². The molecule has 0 aliphatic rings. The van der Waals surface area contributed by atoms with Gasteiger partial charge in [-0.15, -0.1) is 0 Å². The summed E-state index contributed by atoms with van der Waals surface area (Å²) in [5.41, 5.74) is 0.292. The molecule has 0 radical (unpaired) electrons. The van der Waals surface area contributed by atoms with Crippen molar-refractivity contribution in [2.75, 3.05) is 19.8 Å². The Bertz CT molecular complexity index is 651. The Labute approximate surface area is 163 Å². The molecule has 1 atom stereocenters. The number of carbonyl (C=O) groups excluding carboxylic acids is 1. The fourth-order valence-corrected chi connectivity index (χ4v) is 2.69. The van der Waals surface area contributed by atoms with E-state index in [-0.39, 0.29) is 19.0 Å². The van der Waals surface area contributed by atoms with Crippen LogP contribution in [0.25, 0.3) is 0 Å². The van der Waals surface area contributed by atoms with E-state index >= 15 is 0 Å². The summed E-state index contributed by atoms with van der Waals surface area (Å²) in [4.78, 5) is 25.7. The third-order valence-electron chi connectivity index (χ3n) is 3.98. The third-order valence-corrected chi connectivity index (χ3v) is 3.98. The van der Waals surface area contributed by atoms with Crippen molar-refractivity contribution >= 4 is 12.0 Å². The van der Waals surface area contributed by atoms with Crippen LogP contribution in [0.4, 0.5) is 13.6 Å². The SMILES string of the molecule is CCOC(CN(C(=O)C(Cc1ccc(F)c(F)c1)NC(=O)O)C(C)C)OCC. The molecule has 9 heteroatoms. The molecular formula is C19H28F2N2O5. The van der Waals surface area contributed by atoms with Crippen LogP contribution >= 0.6 is 0 Å². The summed E-state index contributed by atoms with van der Waals surface area (Å²) in [5.74, 6) is -2.59. The molecule has 2 amide bonds. The Morgan fingerprint density at radius 3 is 2.21 bits per heavy atom. The number of rotatable bonds is 11. The van der Waals surface area contributed by atoms with E-state index in [1.165, 1.54) is 11.0 Å². The second-order valence-corrected chi connectivity index (χ2v) is 6.38. The number of hydrogen-bond donors (Lipinski definition) is 2. The van der Waals surface area contributed by atoms with E-state index in [2.05, 4.69) is 5.32 Å². The molecule has 0 fully saturated rings. The largest absolute Gasteiger partial charge is 0.465 e. The average molecular weight is 402 g/mol. The zero-order valence-corrected chi connectivity index (χ0v) is 16.6. The fraction of sp³-hybridized carbons (Fsp3) is 0.579. The minimum atomic E-state index is -1.39. The van der Waals surface area contributed by atoms with Gasteiger partial charge >= 0.3 is 6.09 Å². The lowest BCUT2D eigenvalue weighted by atomic mass is 10.0. The molecular weight excluding hydrogens is 374 g/mol. The van der Waals surface area contributed by atoms with Crippen molar-refractivity contribution in [3.05, 3.63) is 35.4 Å². The van der Waals surface area contributed by atoms with Crippen molar-refractivity contribution in [1.82, 2.24) is 10.2 Å². The van der Waals surface area contributed by atoms with Gasteiger partial charge in [-0.25, -0.2) is 13.6 Å². The number of carboxylic acid groups (broad SMARTS) is 1. The standard InChI is InChI=1S/C19H28F2N2O5/c1-5-27-17(28-6-2)11-23(12(3)4)18(24)16(22-19(25)26)10-13-7-8-14(20)15(21)9-13/h7-9,12,16-17,22H,5-6,10-11H2,1-4H3,(H,25,26). The van der Waals surface area contributed by atoms with Crippen LogP contribution in [0, 0.1) is 11.6 Å². The van der Waals surface area contributed by atoms with E-state index in [9.17, 15) is 18.4 Å². The highest BCUT2D eigenvalue weighted by atomic mass is 19.2. The number of amides is 2. The van der Waals surface area contributed by atoms with Gasteiger partial charge < -0.3 is 24.8 Å². The third kappa shape index (κ3) is 7.40. The van der Waals surface area contributed by atoms with E-state index in [0.717, 1.165) is 12.1 Å².